The first-order valence-electron chi connectivity index (χ1n) is 4.05. The number of carbonyl (C=O) groups excluding carboxylic acids is 1. The van der Waals surface area contributed by atoms with Crippen LogP contribution in [0.1, 0.15) is 27.7 Å². The first-order chi connectivity index (χ1) is 5.27. The van der Waals surface area contributed by atoms with E-state index in [4.69, 9.17) is 11.5 Å². The molecule has 0 saturated heterocycles. The number of hydrogen-bond donors (Lipinski definition) is 2. The van der Waals surface area contributed by atoms with Gasteiger partial charge in [-0.3, -0.25) is 4.79 Å². The standard InChI is InChI=1S/C9H18N2O.ClH/c1-6(2)9(4,11)5-7(3)8(10)12;/h5-6H,11H2,1-4H3,(H2,10,12);1H. The van der Waals surface area contributed by atoms with Gasteiger partial charge in [-0.1, -0.05) is 19.9 Å². The fourth-order valence-electron chi connectivity index (χ4n) is 0.704. The normalized spacial score (nSPS) is 16.3. The van der Waals surface area contributed by atoms with Crippen LogP contribution in [0.25, 0.3) is 0 Å². The molecule has 4 heteroatoms. The van der Waals surface area contributed by atoms with Gasteiger partial charge >= 0.3 is 0 Å². The second kappa shape index (κ2) is 5.25. The predicted octanol–water partition coefficient (Wildman–Crippen LogP) is 1.21. The molecule has 0 spiro atoms. The van der Waals surface area contributed by atoms with E-state index in [9.17, 15) is 4.79 Å². The van der Waals surface area contributed by atoms with Crippen molar-refractivity contribution in [1.82, 2.24) is 0 Å². The highest BCUT2D eigenvalue weighted by atomic mass is 35.5. The Hall–Kier alpha value is -0.540. The molecule has 0 fully saturated rings. The maximum absolute atomic E-state index is 10.7. The molecule has 0 saturated carbocycles. The first-order valence-corrected chi connectivity index (χ1v) is 4.05. The minimum atomic E-state index is -0.459. The Balaban J connectivity index is 0. The summed E-state index contributed by atoms with van der Waals surface area (Å²) in [4.78, 5) is 10.7. The van der Waals surface area contributed by atoms with E-state index < -0.39 is 11.4 Å². The van der Waals surface area contributed by atoms with E-state index >= 15 is 0 Å². The van der Waals surface area contributed by atoms with Crippen LogP contribution in [0.5, 0.6) is 0 Å². The van der Waals surface area contributed by atoms with Crippen LogP contribution in [0.3, 0.4) is 0 Å². The van der Waals surface area contributed by atoms with Crippen LogP contribution in [0, 0.1) is 5.92 Å². The van der Waals surface area contributed by atoms with Gasteiger partial charge in [-0.2, -0.15) is 0 Å². The lowest BCUT2D eigenvalue weighted by Gasteiger charge is -2.25. The van der Waals surface area contributed by atoms with E-state index in [-0.39, 0.29) is 18.3 Å². The smallest absolute Gasteiger partial charge is 0.244 e. The lowest BCUT2D eigenvalue weighted by atomic mass is 9.88. The van der Waals surface area contributed by atoms with Crippen molar-refractivity contribution < 1.29 is 4.79 Å². The number of primary amides is 1. The molecule has 4 N–H and O–H groups in total. The molecule has 0 heterocycles. The molecule has 3 nitrogen and oxygen atoms in total. The summed E-state index contributed by atoms with van der Waals surface area (Å²) >= 11 is 0. The fourth-order valence-corrected chi connectivity index (χ4v) is 0.704. The van der Waals surface area contributed by atoms with E-state index in [1.54, 1.807) is 13.0 Å². The Labute approximate surface area is 86.0 Å². The van der Waals surface area contributed by atoms with Crippen molar-refractivity contribution in [2.24, 2.45) is 17.4 Å². The molecular formula is C9H19ClN2O. The number of carbonyl (C=O) groups is 1. The molecule has 0 aliphatic rings. The van der Waals surface area contributed by atoms with Gasteiger partial charge < -0.3 is 11.5 Å². The van der Waals surface area contributed by atoms with Crippen molar-refractivity contribution in [3.05, 3.63) is 11.6 Å². The molecular weight excluding hydrogens is 188 g/mol. The third-order valence-corrected chi connectivity index (χ3v) is 2.16. The Morgan fingerprint density at radius 1 is 1.46 bits per heavy atom. The zero-order valence-corrected chi connectivity index (χ0v) is 9.44. The summed E-state index contributed by atoms with van der Waals surface area (Å²) in [6.45, 7) is 7.56. The van der Waals surface area contributed by atoms with Crippen molar-refractivity contribution in [3.8, 4) is 0 Å². The van der Waals surface area contributed by atoms with Gasteiger partial charge in [0.25, 0.3) is 0 Å². The molecule has 0 rings (SSSR count). The summed E-state index contributed by atoms with van der Waals surface area (Å²) in [7, 11) is 0. The second-order valence-corrected chi connectivity index (χ2v) is 3.71. The van der Waals surface area contributed by atoms with Crippen LogP contribution in [-0.4, -0.2) is 11.4 Å². The van der Waals surface area contributed by atoms with Crippen molar-refractivity contribution in [2.75, 3.05) is 0 Å². The zero-order chi connectivity index (χ0) is 9.94. The number of nitrogens with two attached hydrogens (primary N) is 2. The maximum atomic E-state index is 10.7. The molecule has 13 heavy (non-hydrogen) atoms. The number of halogens is 1. The van der Waals surface area contributed by atoms with Gasteiger partial charge in [0, 0.05) is 11.1 Å². The van der Waals surface area contributed by atoms with Crippen LogP contribution >= 0.6 is 12.4 Å². The first kappa shape index (κ1) is 15.0. The Morgan fingerprint density at radius 2 is 1.85 bits per heavy atom. The van der Waals surface area contributed by atoms with Gasteiger partial charge in [0.2, 0.25) is 5.91 Å². The summed E-state index contributed by atoms with van der Waals surface area (Å²) in [6, 6.07) is 0. The summed E-state index contributed by atoms with van der Waals surface area (Å²) < 4.78 is 0. The van der Waals surface area contributed by atoms with Crippen molar-refractivity contribution in [3.63, 3.8) is 0 Å². The third-order valence-electron chi connectivity index (χ3n) is 2.16. The largest absolute Gasteiger partial charge is 0.366 e. The minimum Gasteiger partial charge on any atom is -0.366 e. The third kappa shape index (κ3) is 4.90. The molecule has 0 aliphatic carbocycles. The van der Waals surface area contributed by atoms with Crippen molar-refractivity contribution >= 4 is 18.3 Å². The summed E-state index contributed by atoms with van der Waals surface area (Å²) in [5.41, 5.74) is 11.1. The number of hydrogen-bond acceptors (Lipinski definition) is 2. The Kier molecular flexibility index (Phi) is 6.04. The lowest BCUT2D eigenvalue weighted by molar-refractivity contribution is -0.114. The molecule has 0 aliphatic heterocycles. The van der Waals surface area contributed by atoms with Crippen LogP contribution in [-0.2, 0) is 4.79 Å². The van der Waals surface area contributed by atoms with E-state index in [1.807, 2.05) is 20.8 Å². The number of amides is 1. The highest BCUT2D eigenvalue weighted by Crippen LogP contribution is 2.16. The summed E-state index contributed by atoms with van der Waals surface area (Å²) in [6.07, 6.45) is 1.72. The van der Waals surface area contributed by atoms with Gasteiger partial charge in [0.05, 0.1) is 0 Å². The lowest BCUT2D eigenvalue weighted by Crippen LogP contribution is -2.40. The van der Waals surface area contributed by atoms with Gasteiger partial charge in [-0.25, -0.2) is 0 Å². The summed E-state index contributed by atoms with van der Waals surface area (Å²) in [5, 5.41) is 0. The van der Waals surface area contributed by atoms with Crippen LogP contribution < -0.4 is 11.5 Å². The maximum Gasteiger partial charge on any atom is 0.244 e. The van der Waals surface area contributed by atoms with Crippen LogP contribution in [0.15, 0.2) is 11.6 Å². The molecule has 0 bridgehead atoms. The van der Waals surface area contributed by atoms with E-state index in [0.29, 0.717) is 5.57 Å². The monoisotopic (exact) mass is 206 g/mol. The molecule has 0 aromatic carbocycles. The second-order valence-electron chi connectivity index (χ2n) is 3.71. The Bertz CT molecular complexity index is 210. The molecule has 0 radical (unpaired) electrons. The molecule has 0 aromatic rings. The zero-order valence-electron chi connectivity index (χ0n) is 8.63. The molecule has 1 atom stereocenters. The van der Waals surface area contributed by atoms with E-state index in [0.717, 1.165) is 0 Å². The van der Waals surface area contributed by atoms with Crippen molar-refractivity contribution in [2.45, 2.75) is 33.2 Å². The van der Waals surface area contributed by atoms with E-state index in [2.05, 4.69) is 0 Å². The van der Waals surface area contributed by atoms with Crippen molar-refractivity contribution in [1.29, 1.82) is 0 Å². The highest BCUT2D eigenvalue weighted by Gasteiger charge is 2.20. The topological polar surface area (TPSA) is 69.1 Å². The average molecular weight is 207 g/mol. The van der Waals surface area contributed by atoms with Gasteiger partial charge in [-0.15, -0.1) is 12.4 Å². The molecule has 0 aromatic heterocycles. The molecule has 78 valence electrons. The van der Waals surface area contributed by atoms with E-state index in [1.165, 1.54) is 0 Å². The number of rotatable bonds is 3. The molecule has 1 amide bonds. The predicted molar refractivity (Wildman–Crippen MR) is 57.6 cm³/mol. The highest BCUT2D eigenvalue weighted by molar-refractivity contribution is 5.91. The average Bonchev–Trinajstić information content (AvgIpc) is 1.85. The SMILES string of the molecule is CC(=CC(C)(N)C(C)C)C(N)=O.Cl. The van der Waals surface area contributed by atoms with Crippen LogP contribution in [0.2, 0.25) is 0 Å². The van der Waals surface area contributed by atoms with Gasteiger partial charge in [-0.05, 0) is 19.8 Å². The van der Waals surface area contributed by atoms with Gasteiger partial charge in [0.15, 0.2) is 0 Å². The minimum absolute atomic E-state index is 0. The van der Waals surface area contributed by atoms with Gasteiger partial charge in [0.1, 0.15) is 0 Å². The fraction of sp³-hybridized carbons (Fsp3) is 0.667. The quantitative estimate of drug-likeness (QED) is 0.682. The Morgan fingerprint density at radius 3 is 2.08 bits per heavy atom. The van der Waals surface area contributed by atoms with Crippen LogP contribution in [0.4, 0.5) is 0 Å². The molecule has 1 unspecified atom stereocenters. The summed E-state index contributed by atoms with van der Waals surface area (Å²) in [5.74, 6) is -0.126.